The van der Waals surface area contributed by atoms with Crippen LogP contribution in [-0.2, 0) is 4.74 Å². The summed E-state index contributed by atoms with van der Waals surface area (Å²) in [7, 11) is 0. The maximum Gasteiger partial charge on any atom is 0.255 e. The summed E-state index contributed by atoms with van der Waals surface area (Å²) < 4.78 is 5.22. The van der Waals surface area contributed by atoms with Crippen LogP contribution in [0.5, 0.6) is 0 Å². The van der Waals surface area contributed by atoms with E-state index in [2.05, 4.69) is 16.8 Å². The summed E-state index contributed by atoms with van der Waals surface area (Å²) in [5.41, 5.74) is 0.0237. The minimum atomic E-state index is -1.05. The first kappa shape index (κ1) is 14.5. The number of pyridine rings is 1. The van der Waals surface area contributed by atoms with E-state index < -0.39 is 5.60 Å². The van der Waals surface area contributed by atoms with Gasteiger partial charge in [0.2, 0.25) is 0 Å². The van der Waals surface area contributed by atoms with Gasteiger partial charge in [0.15, 0.2) is 0 Å². The highest BCUT2D eigenvalue weighted by Crippen LogP contribution is 2.07. The van der Waals surface area contributed by atoms with Crippen molar-refractivity contribution in [2.75, 3.05) is 26.3 Å². The molecule has 1 aromatic heterocycles. The SMILES string of the molecule is CC(C)(O)C#Cc1ccc(C(=O)N2CCOCC2)cn1. The number of aromatic nitrogens is 1. The van der Waals surface area contributed by atoms with Crippen LogP contribution in [-0.4, -0.2) is 52.8 Å². The second-order valence-corrected chi connectivity index (χ2v) is 5.15. The van der Waals surface area contributed by atoms with Crippen LogP contribution in [0.25, 0.3) is 0 Å². The standard InChI is InChI=1S/C15H18N2O3/c1-15(2,19)6-5-13-4-3-12(11-16-13)14(18)17-7-9-20-10-8-17/h3-4,11,19H,7-10H2,1-2H3. The van der Waals surface area contributed by atoms with Crippen molar-refractivity contribution in [3.05, 3.63) is 29.6 Å². The van der Waals surface area contributed by atoms with E-state index >= 15 is 0 Å². The van der Waals surface area contributed by atoms with Crippen LogP contribution >= 0.6 is 0 Å². The predicted molar refractivity (Wildman–Crippen MR) is 74.1 cm³/mol. The Kier molecular flexibility index (Phi) is 4.38. The van der Waals surface area contributed by atoms with E-state index in [0.717, 1.165) is 0 Å². The second kappa shape index (κ2) is 6.04. The van der Waals surface area contributed by atoms with E-state index in [1.54, 1.807) is 30.9 Å². The minimum absolute atomic E-state index is 0.0391. The lowest BCUT2D eigenvalue weighted by atomic mass is 10.1. The van der Waals surface area contributed by atoms with Gasteiger partial charge in [-0.15, -0.1) is 0 Å². The zero-order valence-corrected chi connectivity index (χ0v) is 11.7. The van der Waals surface area contributed by atoms with Crippen LogP contribution in [0.1, 0.15) is 29.9 Å². The van der Waals surface area contributed by atoms with Crippen molar-refractivity contribution < 1.29 is 14.6 Å². The monoisotopic (exact) mass is 274 g/mol. The molecule has 1 aliphatic heterocycles. The van der Waals surface area contributed by atoms with Crippen molar-refractivity contribution >= 4 is 5.91 Å². The van der Waals surface area contributed by atoms with Crippen molar-refractivity contribution in [2.45, 2.75) is 19.4 Å². The molecule has 1 saturated heterocycles. The van der Waals surface area contributed by atoms with E-state index in [0.29, 0.717) is 37.6 Å². The van der Waals surface area contributed by atoms with Gasteiger partial charge >= 0.3 is 0 Å². The maximum atomic E-state index is 12.2. The van der Waals surface area contributed by atoms with Crippen LogP contribution in [0.4, 0.5) is 0 Å². The number of ether oxygens (including phenoxy) is 1. The molecule has 5 nitrogen and oxygen atoms in total. The van der Waals surface area contributed by atoms with Crippen molar-refractivity contribution in [3.63, 3.8) is 0 Å². The number of hydrogen-bond donors (Lipinski definition) is 1. The number of nitrogens with zero attached hydrogens (tertiary/aromatic N) is 2. The first-order chi connectivity index (χ1) is 9.46. The Morgan fingerprint density at radius 1 is 1.40 bits per heavy atom. The fraction of sp³-hybridized carbons (Fsp3) is 0.467. The Morgan fingerprint density at radius 3 is 2.65 bits per heavy atom. The molecule has 20 heavy (non-hydrogen) atoms. The molecule has 1 N–H and O–H groups in total. The van der Waals surface area contributed by atoms with Gasteiger partial charge in [-0.1, -0.05) is 5.92 Å². The van der Waals surface area contributed by atoms with Crippen molar-refractivity contribution in [3.8, 4) is 11.8 Å². The van der Waals surface area contributed by atoms with E-state index in [1.807, 2.05) is 0 Å². The molecule has 0 aliphatic carbocycles. The molecule has 0 saturated carbocycles. The summed E-state index contributed by atoms with van der Waals surface area (Å²) in [6.45, 7) is 5.59. The highest BCUT2D eigenvalue weighted by molar-refractivity contribution is 5.94. The summed E-state index contributed by atoms with van der Waals surface area (Å²) in [5.74, 6) is 5.42. The van der Waals surface area contributed by atoms with Crippen LogP contribution in [0.15, 0.2) is 18.3 Å². The normalized spacial score (nSPS) is 15.4. The molecule has 0 aromatic carbocycles. The number of rotatable bonds is 1. The predicted octanol–water partition coefficient (Wildman–Crippen LogP) is 0.676. The minimum Gasteiger partial charge on any atom is -0.378 e. The first-order valence-corrected chi connectivity index (χ1v) is 6.54. The first-order valence-electron chi connectivity index (χ1n) is 6.54. The van der Waals surface area contributed by atoms with E-state index in [1.165, 1.54) is 6.20 Å². The quantitative estimate of drug-likeness (QED) is 0.765. The lowest BCUT2D eigenvalue weighted by Gasteiger charge is -2.26. The van der Waals surface area contributed by atoms with Gasteiger partial charge in [-0.3, -0.25) is 4.79 Å². The van der Waals surface area contributed by atoms with Crippen LogP contribution < -0.4 is 0 Å². The highest BCUT2D eigenvalue weighted by Gasteiger charge is 2.18. The topological polar surface area (TPSA) is 62.7 Å². The maximum absolute atomic E-state index is 12.2. The summed E-state index contributed by atoms with van der Waals surface area (Å²) in [4.78, 5) is 18.1. The van der Waals surface area contributed by atoms with Gasteiger partial charge in [-0.2, -0.15) is 0 Å². The van der Waals surface area contributed by atoms with Gasteiger partial charge in [0.05, 0.1) is 18.8 Å². The van der Waals surface area contributed by atoms with Crippen molar-refractivity contribution in [1.29, 1.82) is 0 Å². The number of carbonyl (C=O) groups excluding carboxylic acids is 1. The van der Waals surface area contributed by atoms with Crippen molar-refractivity contribution in [1.82, 2.24) is 9.88 Å². The van der Waals surface area contributed by atoms with Gasteiger partial charge in [-0.25, -0.2) is 4.98 Å². The number of morpholine rings is 1. The van der Waals surface area contributed by atoms with E-state index in [9.17, 15) is 9.90 Å². The number of amides is 1. The van der Waals surface area contributed by atoms with Gasteiger partial charge in [0, 0.05) is 19.3 Å². The van der Waals surface area contributed by atoms with Gasteiger partial charge in [-0.05, 0) is 31.9 Å². The van der Waals surface area contributed by atoms with Gasteiger partial charge in [0.1, 0.15) is 11.3 Å². The number of carbonyl (C=O) groups is 1. The Labute approximate surface area is 118 Å². The Hall–Kier alpha value is -1.90. The molecule has 2 rings (SSSR count). The zero-order valence-electron chi connectivity index (χ0n) is 11.7. The average Bonchev–Trinajstić information content (AvgIpc) is 2.45. The molecule has 1 amide bonds. The molecule has 106 valence electrons. The smallest absolute Gasteiger partial charge is 0.255 e. The van der Waals surface area contributed by atoms with Crippen LogP contribution in [0, 0.1) is 11.8 Å². The summed E-state index contributed by atoms with van der Waals surface area (Å²) in [6.07, 6.45) is 1.52. The molecule has 2 heterocycles. The Bertz CT molecular complexity index is 529. The third-order valence-electron chi connectivity index (χ3n) is 2.81. The van der Waals surface area contributed by atoms with Crippen LogP contribution in [0.3, 0.4) is 0 Å². The zero-order chi connectivity index (χ0) is 14.6. The van der Waals surface area contributed by atoms with E-state index in [4.69, 9.17) is 4.74 Å². The molecule has 0 radical (unpaired) electrons. The molecular formula is C15H18N2O3. The fourth-order valence-corrected chi connectivity index (χ4v) is 1.76. The molecule has 1 fully saturated rings. The van der Waals surface area contributed by atoms with Crippen molar-refractivity contribution in [2.24, 2.45) is 0 Å². The Balaban J connectivity index is 2.07. The largest absolute Gasteiger partial charge is 0.378 e. The lowest BCUT2D eigenvalue weighted by molar-refractivity contribution is 0.0302. The third kappa shape index (κ3) is 4.05. The fourth-order valence-electron chi connectivity index (χ4n) is 1.76. The van der Waals surface area contributed by atoms with E-state index in [-0.39, 0.29) is 5.91 Å². The Morgan fingerprint density at radius 2 is 2.10 bits per heavy atom. The second-order valence-electron chi connectivity index (χ2n) is 5.15. The average molecular weight is 274 g/mol. The van der Waals surface area contributed by atoms with Crippen LogP contribution in [0.2, 0.25) is 0 Å². The molecular weight excluding hydrogens is 256 g/mol. The van der Waals surface area contributed by atoms with Gasteiger partial charge < -0.3 is 14.7 Å². The molecule has 0 unspecified atom stereocenters. The molecule has 0 spiro atoms. The molecule has 0 atom stereocenters. The summed E-state index contributed by atoms with van der Waals surface area (Å²) >= 11 is 0. The number of hydrogen-bond acceptors (Lipinski definition) is 4. The lowest BCUT2D eigenvalue weighted by Crippen LogP contribution is -2.40. The molecule has 0 bridgehead atoms. The van der Waals surface area contributed by atoms with Gasteiger partial charge in [0.25, 0.3) is 5.91 Å². The summed E-state index contributed by atoms with van der Waals surface area (Å²) in [5, 5.41) is 9.52. The molecule has 5 heteroatoms. The molecule has 1 aromatic rings. The number of aliphatic hydroxyl groups is 1. The third-order valence-corrected chi connectivity index (χ3v) is 2.81. The molecule has 1 aliphatic rings. The summed E-state index contributed by atoms with van der Waals surface area (Å²) in [6, 6.07) is 3.39. The highest BCUT2D eigenvalue weighted by atomic mass is 16.5.